The summed E-state index contributed by atoms with van der Waals surface area (Å²) in [6.07, 6.45) is 5.99. The summed E-state index contributed by atoms with van der Waals surface area (Å²) in [6.45, 7) is 5.45. The van der Waals surface area contributed by atoms with Crippen molar-refractivity contribution in [2.45, 2.75) is 65.3 Å². The van der Waals surface area contributed by atoms with Gasteiger partial charge in [-0.05, 0) is 37.0 Å². The number of anilines is 1. The Labute approximate surface area is 215 Å². The molecule has 0 amide bonds. The van der Waals surface area contributed by atoms with Crippen LogP contribution in [-0.2, 0) is 24.2 Å². The zero-order valence-electron chi connectivity index (χ0n) is 21.9. The van der Waals surface area contributed by atoms with Crippen LogP contribution < -0.4 is 22.2 Å². The Morgan fingerprint density at radius 2 is 1.97 bits per heavy atom. The van der Waals surface area contributed by atoms with Crippen molar-refractivity contribution in [2.24, 2.45) is 11.6 Å². The molecule has 0 atom stereocenters. The van der Waals surface area contributed by atoms with Gasteiger partial charge in [0.2, 0.25) is 0 Å². The molecule has 2 aromatic rings. The number of hydrazine groups is 1. The Hall–Kier alpha value is -3.54. The number of likely N-dealkylation sites (N-methyl/N-ethyl adjacent to an activating group) is 1. The summed E-state index contributed by atoms with van der Waals surface area (Å²) in [6, 6.07) is 3.51. The molecule has 1 aliphatic rings. The number of carbonyl (C=O) groups is 1. The summed E-state index contributed by atoms with van der Waals surface area (Å²) >= 11 is 0. The van der Waals surface area contributed by atoms with Gasteiger partial charge in [0.25, 0.3) is 11.9 Å². The molecule has 3 heterocycles. The second-order valence-corrected chi connectivity index (χ2v) is 9.01. The lowest BCUT2D eigenvalue weighted by Gasteiger charge is -2.35. The summed E-state index contributed by atoms with van der Waals surface area (Å²) in [7, 11) is 1.64. The standard InChI is InChI=1S/C23H33F2N7O.C2H4O2/c1-4-7-16-12-28-22(33)32(13-16)14-20(30(3)27)21(26)18-8-9-19(17(5-2)29-18)31-11-6-10-23(24,25)15-31;1-2(3)4/h8-9,12-13H,4-7,10-11,14-15,26-27H2,1-3H3;1H3,(H,3,4)/b21-20-;. The van der Waals surface area contributed by atoms with Gasteiger partial charge in [0.15, 0.2) is 0 Å². The highest BCUT2D eigenvalue weighted by Gasteiger charge is 2.36. The lowest BCUT2D eigenvalue weighted by Crippen LogP contribution is -2.43. The number of aliphatic carboxylic acids is 1. The van der Waals surface area contributed by atoms with Crippen LogP contribution in [0.2, 0.25) is 0 Å². The lowest BCUT2D eigenvalue weighted by atomic mass is 10.1. The third kappa shape index (κ3) is 8.52. The van der Waals surface area contributed by atoms with Crippen molar-refractivity contribution in [3.05, 3.63) is 57.7 Å². The highest BCUT2D eigenvalue weighted by atomic mass is 19.3. The predicted molar refractivity (Wildman–Crippen MR) is 139 cm³/mol. The number of nitrogens with two attached hydrogens (primary N) is 2. The maximum Gasteiger partial charge on any atom is 0.347 e. The van der Waals surface area contributed by atoms with E-state index in [0.29, 0.717) is 47.9 Å². The first-order valence-electron chi connectivity index (χ1n) is 12.2. The fourth-order valence-corrected chi connectivity index (χ4v) is 4.09. The van der Waals surface area contributed by atoms with Crippen molar-refractivity contribution >= 4 is 17.4 Å². The predicted octanol–water partition coefficient (Wildman–Crippen LogP) is 2.61. The molecule has 0 bridgehead atoms. The summed E-state index contributed by atoms with van der Waals surface area (Å²) < 4.78 is 29.4. The van der Waals surface area contributed by atoms with Crippen molar-refractivity contribution in [1.82, 2.24) is 19.5 Å². The smallest absolute Gasteiger partial charge is 0.347 e. The zero-order chi connectivity index (χ0) is 27.8. The quantitative estimate of drug-likeness (QED) is 0.353. The third-order valence-corrected chi connectivity index (χ3v) is 5.80. The highest BCUT2D eigenvalue weighted by Crippen LogP contribution is 2.32. The van der Waals surface area contributed by atoms with E-state index in [1.165, 1.54) is 9.58 Å². The molecular weight excluding hydrogens is 484 g/mol. The minimum Gasteiger partial charge on any atom is -0.481 e. The molecule has 12 heteroatoms. The van der Waals surface area contributed by atoms with Gasteiger partial charge < -0.3 is 20.7 Å². The Morgan fingerprint density at radius 3 is 2.54 bits per heavy atom. The third-order valence-electron chi connectivity index (χ3n) is 5.80. The van der Waals surface area contributed by atoms with Crippen LogP contribution in [0.5, 0.6) is 0 Å². The number of carboxylic acid groups (broad SMARTS) is 1. The second-order valence-electron chi connectivity index (χ2n) is 9.01. The molecule has 37 heavy (non-hydrogen) atoms. The number of hydrogen-bond acceptors (Lipinski definition) is 8. The molecule has 0 saturated carbocycles. The van der Waals surface area contributed by atoms with E-state index < -0.39 is 17.6 Å². The number of nitrogens with zero attached hydrogens (tertiary/aromatic N) is 5. The van der Waals surface area contributed by atoms with Gasteiger partial charge >= 0.3 is 5.69 Å². The SMILES string of the molecule is CC(=O)O.CCCc1cnc(=O)n(C/C(=C(/N)c2ccc(N3CCCC(F)(F)C3)c(CC)n2)N(C)N)c1. The fourth-order valence-electron chi connectivity index (χ4n) is 4.09. The molecular formula is C25H37F2N7O3. The molecule has 1 aliphatic heterocycles. The van der Waals surface area contributed by atoms with E-state index in [9.17, 15) is 13.6 Å². The molecule has 0 aliphatic carbocycles. The molecule has 204 valence electrons. The molecule has 10 nitrogen and oxygen atoms in total. The molecule has 5 N–H and O–H groups in total. The van der Waals surface area contributed by atoms with E-state index in [-0.39, 0.29) is 19.5 Å². The minimum absolute atomic E-state index is 0.0912. The maximum atomic E-state index is 14.0. The second kappa shape index (κ2) is 13.1. The topological polar surface area (TPSA) is 144 Å². The van der Waals surface area contributed by atoms with E-state index in [1.807, 2.05) is 6.92 Å². The number of rotatable bonds is 8. The van der Waals surface area contributed by atoms with Crippen molar-refractivity contribution in [2.75, 3.05) is 25.0 Å². The Balaban J connectivity index is 0.00000112. The average Bonchev–Trinajstić information content (AvgIpc) is 2.82. The molecule has 3 rings (SSSR count). The number of hydrogen-bond donors (Lipinski definition) is 3. The normalized spacial score (nSPS) is 15.4. The van der Waals surface area contributed by atoms with Crippen LogP contribution in [-0.4, -0.2) is 56.7 Å². The summed E-state index contributed by atoms with van der Waals surface area (Å²) in [5.74, 6) is 2.52. The first kappa shape index (κ1) is 29.7. The number of carboxylic acids is 1. The minimum atomic E-state index is -2.70. The van der Waals surface area contributed by atoms with Crippen LogP contribution >= 0.6 is 0 Å². The lowest BCUT2D eigenvalue weighted by molar-refractivity contribution is -0.134. The van der Waals surface area contributed by atoms with Gasteiger partial charge in [-0.2, -0.15) is 0 Å². The van der Waals surface area contributed by atoms with Crippen molar-refractivity contribution in [3.63, 3.8) is 0 Å². The number of pyridine rings is 1. The van der Waals surface area contributed by atoms with Gasteiger partial charge in [-0.3, -0.25) is 9.36 Å². The van der Waals surface area contributed by atoms with Gasteiger partial charge in [-0.1, -0.05) is 20.3 Å². The Morgan fingerprint density at radius 1 is 1.30 bits per heavy atom. The van der Waals surface area contributed by atoms with E-state index >= 15 is 0 Å². The van der Waals surface area contributed by atoms with E-state index in [4.69, 9.17) is 21.5 Å². The van der Waals surface area contributed by atoms with E-state index in [1.54, 1.807) is 36.5 Å². The van der Waals surface area contributed by atoms with Gasteiger partial charge in [0.05, 0.1) is 41.6 Å². The summed E-state index contributed by atoms with van der Waals surface area (Å²) in [5.41, 5.74) is 9.70. The van der Waals surface area contributed by atoms with Crippen LogP contribution in [0.15, 0.2) is 35.0 Å². The largest absolute Gasteiger partial charge is 0.481 e. The van der Waals surface area contributed by atoms with Crippen LogP contribution in [0.4, 0.5) is 14.5 Å². The molecule has 1 fully saturated rings. The number of allylic oxidation sites excluding steroid dienone is 1. The van der Waals surface area contributed by atoms with Gasteiger partial charge in [0, 0.05) is 39.3 Å². The van der Waals surface area contributed by atoms with Gasteiger partial charge in [-0.15, -0.1) is 0 Å². The average molecular weight is 522 g/mol. The van der Waals surface area contributed by atoms with Crippen molar-refractivity contribution < 1.29 is 18.7 Å². The van der Waals surface area contributed by atoms with Crippen LogP contribution in [0, 0.1) is 0 Å². The van der Waals surface area contributed by atoms with E-state index in [2.05, 4.69) is 16.9 Å². The molecule has 0 aromatic carbocycles. The molecule has 0 unspecified atom stereocenters. The molecule has 2 aromatic heterocycles. The summed E-state index contributed by atoms with van der Waals surface area (Å²) in [4.78, 5) is 31.6. The summed E-state index contributed by atoms with van der Waals surface area (Å²) in [5, 5.41) is 8.78. The number of halogens is 2. The number of piperidine rings is 1. The first-order chi connectivity index (χ1) is 17.4. The van der Waals surface area contributed by atoms with Gasteiger partial charge in [0.1, 0.15) is 0 Å². The maximum absolute atomic E-state index is 14.0. The zero-order valence-corrected chi connectivity index (χ0v) is 21.9. The fraction of sp³-hybridized carbons (Fsp3) is 0.520. The number of aryl methyl sites for hydroxylation is 2. The van der Waals surface area contributed by atoms with Crippen molar-refractivity contribution in [1.29, 1.82) is 0 Å². The molecule has 1 saturated heterocycles. The van der Waals surface area contributed by atoms with Crippen LogP contribution in [0.25, 0.3) is 5.70 Å². The van der Waals surface area contributed by atoms with Crippen molar-refractivity contribution in [3.8, 4) is 0 Å². The number of aromatic nitrogens is 3. The molecule has 0 radical (unpaired) electrons. The van der Waals surface area contributed by atoms with E-state index in [0.717, 1.165) is 25.3 Å². The first-order valence-corrected chi connectivity index (χ1v) is 12.2. The van der Waals surface area contributed by atoms with Gasteiger partial charge in [-0.25, -0.2) is 29.4 Å². The highest BCUT2D eigenvalue weighted by molar-refractivity contribution is 5.65. The Kier molecular flexibility index (Phi) is 10.5. The number of alkyl halides is 2. The monoisotopic (exact) mass is 521 g/mol. The van der Waals surface area contributed by atoms with Crippen LogP contribution in [0.1, 0.15) is 57.0 Å². The van der Waals surface area contributed by atoms with Crippen LogP contribution in [0.3, 0.4) is 0 Å². The molecule has 0 spiro atoms. The Bertz CT molecular complexity index is 1160.